The number of hydrogen-bond donors (Lipinski definition) is 1. The highest BCUT2D eigenvalue weighted by Crippen LogP contribution is 2.22. The van der Waals surface area contributed by atoms with E-state index in [1.165, 1.54) is 0 Å². The molecule has 1 N–H and O–H groups in total. The number of nitrogens with one attached hydrogen (secondary N) is 1. The van der Waals surface area contributed by atoms with Gasteiger partial charge in [0.15, 0.2) is 0 Å². The highest BCUT2D eigenvalue weighted by Gasteiger charge is 2.28. The van der Waals surface area contributed by atoms with Crippen molar-refractivity contribution in [1.82, 2.24) is 10.2 Å². The van der Waals surface area contributed by atoms with Crippen molar-refractivity contribution in [3.63, 3.8) is 0 Å². The van der Waals surface area contributed by atoms with E-state index in [9.17, 15) is 14.4 Å². The molecule has 162 valence electrons. The van der Waals surface area contributed by atoms with Gasteiger partial charge in [0.25, 0.3) is 0 Å². The van der Waals surface area contributed by atoms with Crippen LogP contribution in [0.5, 0.6) is 0 Å². The fourth-order valence-corrected chi connectivity index (χ4v) is 4.35. The first-order valence-electron chi connectivity index (χ1n) is 11.1. The molecule has 2 aromatic rings. The van der Waals surface area contributed by atoms with Crippen molar-refractivity contribution in [2.24, 2.45) is 5.92 Å². The van der Waals surface area contributed by atoms with E-state index in [2.05, 4.69) is 5.32 Å². The van der Waals surface area contributed by atoms with E-state index < -0.39 is 0 Å². The summed E-state index contributed by atoms with van der Waals surface area (Å²) in [6.07, 6.45) is 3.54. The van der Waals surface area contributed by atoms with Crippen LogP contribution in [-0.4, -0.2) is 42.3 Å². The van der Waals surface area contributed by atoms with E-state index in [1.54, 1.807) is 0 Å². The Kier molecular flexibility index (Phi) is 6.65. The molecule has 2 heterocycles. The first kappa shape index (κ1) is 21.1. The minimum Gasteiger partial charge on any atom is -0.352 e. The third-order valence-electron chi connectivity index (χ3n) is 6.13. The van der Waals surface area contributed by atoms with E-state index in [0.29, 0.717) is 32.5 Å². The first-order valence-corrected chi connectivity index (χ1v) is 11.1. The lowest BCUT2D eigenvalue weighted by Crippen LogP contribution is -2.45. The Hall–Kier alpha value is -3.15. The number of nitrogens with zero attached hydrogens (tertiary/aromatic N) is 2. The van der Waals surface area contributed by atoms with Gasteiger partial charge in [-0.1, -0.05) is 42.5 Å². The van der Waals surface area contributed by atoms with Crippen LogP contribution < -0.4 is 10.2 Å². The smallest absolute Gasteiger partial charge is 0.227 e. The predicted octanol–water partition coefficient (Wildman–Crippen LogP) is 2.91. The third-order valence-corrected chi connectivity index (χ3v) is 6.13. The summed E-state index contributed by atoms with van der Waals surface area (Å²) in [4.78, 5) is 40.9. The standard InChI is InChI=1S/C25H29N3O3/c29-23-9-5-15-28(23)22-12-10-20(11-13-22)17-26-25(31)21-8-4-14-27(18-21)24(30)16-19-6-2-1-3-7-19/h1-3,6-7,10-13,21H,4-5,8-9,14-18H2,(H,26,31)/t21-/m0/s1. The zero-order chi connectivity index (χ0) is 21.6. The first-order chi connectivity index (χ1) is 15.1. The summed E-state index contributed by atoms with van der Waals surface area (Å²) in [5.41, 5.74) is 2.91. The zero-order valence-electron chi connectivity index (χ0n) is 17.8. The van der Waals surface area contributed by atoms with Gasteiger partial charge >= 0.3 is 0 Å². The molecule has 6 heteroatoms. The molecule has 2 aromatic carbocycles. The maximum atomic E-state index is 12.7. The molecule has 2 fully saturated rings. The second-order valence-corrected chi connectivity index (χ2v) is 8.37. The summed E-state index contributed by atoms with van der Waals surface area (Å²) in [6.45, 7) is 2.41. The Morgan fingerprint density at radius 1 is 0.935 bits per heavy atom. The molecule has 0 bridgehead atoms. The van der Waals surface area contributed by atoms with Crippen LogP contribution in [0.4, 0.5) is 5.69 Å². The maximum Gasteiger partial charge on any atom is 0.227 e. The number of hydrogen-bond acceptors (Lipinski definition) is 3. The predicted molar refractivity (Wildman–Crippen MR) is 119 cm³/mol. The van der Waals surface area contributed by atoms with Crippen molar-refractivity contribution in [2.45, 2.75) is 38.6 Å². The molecule has 31 heavy (non-hydrogen) atoms. The van der Waals surface area contributed by atoms with Gasteiger partial charge in [0.2, 0.25) is 17.7 Å². The van der Waals surface area contributed by atoms with Gasteiger partial charge in [0.05, 0.1) is 12.3 Å². The number of anilines is 1. The number of rotatable bonds is 6. The van der Waals surface area contributed by atoms with Gasteiger partial charge in [-0.2, -0.15) is 0 Å². The lowest BCUT2D eigenvalue weighted by Gasteiger charge is -2.32. The molecule has 0 saturated carbocycles. The van der Waals surface area contributed by atoms with Crippen LogP contribution in [-0.2, 0) is 27.3 Å². The van der Waals surface area contributed by atoms with Crippen molar-refractivity contribution in [3.8, 4) is 0 Å². The minimum atomic E-state index is -0.171. The lowest BCUT2D eigenvalue weighted by atomic mass is 9.96. The number of benzene rings is 2. The van der Waals surface area contributed by atoms with Crippen LogP contribution in [0.2, 0.25) is 0 Å². The van der Waals surface area contributed by atoms with E-state index in [0.717, 1.165) is 42.6 Å². The normalized spacial score (nSPS) is 18.8. The molecule has 1 atom stereocenters. The summed E-state index contributed by atoms with van der Waals surface area (Å²) in [7, 11) is 0. The molecular formula is C25H29N3O3. The Morgan fingerprint density at radius 2 is 1.71 bits per heavy atom. The average molecular weight is 420 g/mol. The van der Waals surface area contributed by atoms with Crippen molar-refractivity contribution in [3.05, 3.63) is 65.7 Å². The summed E-state index contributed by atoms with van der Waals surface area (Å²) in [5.74, 6) is 0.0754. The Morgan fingerprint density at radius 3 is 2.42 bits per heavy atom. The number of likely N-dealkylation sites (tertiary alicyclic amines) is 1. The summed E-state index contributed by atoms with van der Waals surface area (Å²) >= 11 is 0. The van der Waals surface area contributed by atoms with Crippen molar-refractivity contribution in [2.75, 3.05) is 24.5 Å². The van der Waals surface area contributed by atoms with Gasteiger partial charge in [-0.05, 0) is 42.5 Å². The van der Waals surface area contributed by atoms with Crippen LogP contribution in [0.25, 0.3) is 0 Å². The van der Waals surface area contributed by atoms with Crippen molar-refractivity contribution in [1.29, 1.82) is 0 Å². The summed E-state index contributed by atoms with van der Waals surface area (Å²) in [6, 6.07) is 17.5. The molecule has 6 nitrogen and oxygen atoms in total. The molecule has 0 unspecified atom stereocenters. The molecule has 0 radical (unpaired) electrons. The minimum absolute atomic E-state index is 0.00370. The maximum absolute atomic E-state index is 12.7. The molecule has 0 aromatic heterocycles. The van der Waals surface area contributed by atoms with Gasteiger partial charge in [0.1, 0.15) is 0 Å². The highest BCUT2D eigenvalue weighted by atomic mass is 16.2. The van der Waals surface area contributed by atoms with Crippen LogP contribution >= 0.6 is 0 Å². The Bertz CT molecular complexity index is 927. The molecular weight excluding hydrogens is 390 g/mol. The molecule has 3 amide bonds. The zero-order valence-corrected chi connectivity index (χ0v) is 17.8. The van der Waals surface area contributed by atoms with Crippen molar-refractivity contribution >= 4 is 23.4 Å². The molecule has 0 spiro atoms. The summed E-state index contributed by atoms with van der Waals surface area (Å²) in [5, 5.41) is 3.02. The van der Waals surface area contributed by atoms with E-state index >= 15 is 0 Å². The topological polar surface area (TPSA) is 69.7 Å². The summed E-state index contributed by atoms with van der Waals surface area (Å²) < 4.78 is 0. The van der Waals surface area contributed by atoms with E-state index in [-0.39, 0.29) is 23.6 Å². The number of amides is 3. The third kappa shape index (κ3) is 5.32. The van der Waals surface area contributed by atoms with Crippen LogP contribution in [0, 0.1) is 5.92 Å². The fraction of sp³-hybridized carbons (Fsp3) is 0.400. The Balaban J connectivity index is 1.27. The van der Waals surface area contributed by atoms with Crippen molar-refractivity contribution < 1.29 is 14.4 Å². The van der Waals surface area contributed by atoms with E-state index in [4.69, 9.17) is 0 Å². The number of piperidine rings is 1. The second-order valence-electron chi connectivity index (χ2n) is 8.37. The highest BCUT2D eigenvalue weighted by molar-refractivity contribution is 5.95. The fourth-order valence-electron chi connectivity index (χ4n) is 4.35. The van der Waals surface area contributed by atoms with Gasteiger partial charge in [-0.15, -0.1) is 0 Å². The van der Waals surface area contributed by atoms with Gasteiger partial charge in [0, 0.05) is 38.3 Å². The van der Waals surface area contributed by atoms with Gasteiger partial charge < -0.3 is 15.1 Å². The molecule has 0 aliphatic carbocycles. The number of carbonyl (C=O) groups excluding carboxylic acids is 3. The molecule has 2 aliphatic rings. The Labute approximate surface area is 183 Å². The van der Waals surface area contributed by atoms with Crippen LogP contribution in [0.3, 0.4) is 0 Å². The lowest BCUT2D eigenvalue weighted by molar-refractivity contribution is -0.135. The SMILES string of the molecule is O=C(NCc1ccc(N2CCCC2=O)cc1)[C@H]1CCCN(C(=O)Cc2ccccc2)C1. The van der Waals surface area contributed by atoms with Crippen LogP contribution in [0.15, 0.2) is 54.6 Å². The monoisotopic (exact) mass is 419 g/mol. The van der Waals surface area contributed by atoms with E-state index in [1.807, 2.05) is 64.4 Å². The van der Waals surface area contributed by atoms with Gasteiger partial charge in [-0.25, -0.2) is 0 Å². The quantitative estimate of drug-likeness (QED) is 0.783. The molecule has 4 rings (SSSR count). The second kappa shape index (κ2) is 9.77. The number of carbonyl (C=O) groups is 3. The largest absolute Gasteiger partial charge is 0.352 e. The van der Waals surface area contributed by atoms with Crippen LogP contribution in [0.1, 0.15) is 36.8 Å². The average Bonchev–Trinajstić information content (AvgIpc) is 3.24. The molecule has 2 saturated heterocycles. The molecule has 2 aliphatic heterocycles. The van der Waals surface area contributed by atoms with Gasteiger partial charge in [-0.3, -0.25) is 14.4 Å².